The number of nitrogens with one attached hydrogen (secondary N) is 1. The van der Waals surface area contributed by atoms with Gasteiger partial charge in [-0.3, -0.25) is 9.59 Å². The molecule has 2 amide bonds. The fourth-order valence-corrected chi connectivity index (χ4v) is 2.72. The molecule has 2 aromatic rings. The van der Waals surface area contributed by atoms with E-state index < -0.39 is 17.6 Å². The molecule has 4 nitrogen and oxygen atoms in total. The van der Waals surface area contributed by atoms with Crippen LogP contribution in [0.2, 0.25) is 0 Å². The number of carbonyl (C=O) groups excluding carboxylic acids is 2. The smallest absolute Gasteiger partial charge is 0.352 e. The van der Waals surface area contributed by atoms with Gasteiger partial charge in [0.2, 0.25) is 11.8 Å². The zero-order valence-electron chi connectivity index (χ0n) is 15.1. The lowest BCUT2D eigenvalue weighted by Crippen LogP contribution is -2.35. The molecule has 0 heterocycles. The Morgan fingerprint density at radius 3 is 2.41 bits per heavy atom. The van der Waals surface area contributed by atoms with E-state index >= 15 is 0 Å². The van der Waals surface area contributed by atoms with Crippen molar-refractivity contribution in [3.8, 4) is 0 Å². The van der Waals surface area contributed by atoms with Gasteiger partial charge in [0.15, 0.2) is 0 Å². The highest BCUT2D eigenvalue weighted by Gasteiger charge is 2.35. The maximum absolute atomic E-state index is 13.2. The van der Waals surface area contributed by atoms with Gasteiger partial charge in [0, 0.05) is 26.4 Å². The highest BCUT2D eigenvalue weighted by atomic mass is 19.4. The lowest BCUT2D eigenvalue weighted by atomic mass is 10.1. The summed E-state index contributed by atoms with van der Waals surface area (Å²) in [6.07, 6.45) is -4.69. The van der Waals surface area contributed by atoms with E-state index in [1.165, 1.54) is 25.1 Å². The Kier molecular flexibility index (Phi) is 6.60. The summed E-state index contributed by atoms with van der Waals surface area (Å²) in [5, 5.41) is 2.72. The molecular weight excluding hydrogens is 357 g/mol. The number of para-hydroxylation sites is 1. The molecule has 0 saturated heterocycles. The average Bonchev–Trinajstić information content (AvgIpc) is 2.59. The molecule has 7 heteroatoms. The van der Waals surface area contributed by atoms with Crippen LogP contribution in [0.25, 0.3) is 0 Å². The van der Waals surface area contributed by atoms with Gasteiger partial charge >= 0.3 is 6.18 Å². The van der Waals surface area contributed by atoms with Crippen LogP contribution in [0.15, 0.2) is 48.5 Å². The third kappa shape index (κ3) is 5.84. The number of benzene rings is 2. The zero-order valence-corrected chi connectivity index (χ0v) is 15.1. The van der Waals surface area contributed by atoms with Crippen LogP contribution in [0.3, 0.4) is 0 Å². The predicted octanol–water partition coefficient (Wildman–Crippen LogP) is 4.07. The first-order valence-corrected chi connectivity index (χ1v) is 8.45. The third-order valence-electron chi connectivity index (χ3n) is 4.01. The molecule has 0 fully saturated rings. The molecule has 27 heavy (non-hydrogen) atoms. The molecule has 0 radical (unpaired) electrons. The van der Waals surface area contributed by atoms with Crippen molar-refractivity contribution in [3.63, 3.8) is 0 Å². The minimum atomic E-state index is -4.59. The minimum absolute atomic E-state index is 0.0996. The number of anilines is 1. The Labute approximate surface area is 156 Å². The van der Waals surface area contributed by atoms with Gasteiger partial charge in [0.05, 0.1) is 11.3 Å². The maximum atomic E-state index is 13.2. The van der Waals surface area contributed by atoms with E-state index in [1.54, 1.807) is 0 Å². The molecule has 0 aliphatic carbocycles. The minimum Gasteiger partial charge on any atom is -0.352 e. The summed E-state index contributed by atoms with van der Waals surface area (Å²) in [6, 6.07) is 12.5. The first kappa shape index (κ1) is 20.5. The van der Waals surface area contributed by atoms with Crippen LogP contribution in [0.1, 0.15) is 30.0 Å². The summed E-state index contributed by atoms with van der Waals surface area (Å²) in [6.45, 7) is 3.30. The number of rotatable bonds is 6. The van der Waals surface area contributed by atoms with Gasteiger partial charge < -0.3 is 10.2 Å². The SMILES string of the molecule is CC(=O)N(CCC(=O)NCc1cccc(C)c1)c1ccccc1C(F)(F)F. The molecule has 0 aromatic heterocycles. The van der Waals surface area contributed by atoms with Crippen molar-refractivity contribution >= 4 is 17.5 Å². The average molecular weight is 378 g/mol. The maximum Gasteiger partial charge on any atom is 0.418 e. The van der Waals surface area contributed by atoms with E-state index in [0.29, 0.717) is 6.54 Å². The molecule has 2 aromatic carbocycles. The Morgan fingerprint density at radius 1 is 1.07 bits per heavy atom. The molecule has 0 aliphatic heterocycles. The van der Waals surface area contributed by atoms with Crippen molar-refractivity contribution in [2.45, 2.75) is 33.0 Å². The van der Waals surface area contributed by atoms with Crippen molar-refractivity contribution < 1.29 is 22.8 Å². The van der Waals surface area contributed by atoms with Crippen molar-refractivity contribution in [3.05, 3.63) is 65.2 Å². The monoisotopic (exact) mass is 378 g/mol. The Balaban J connectivity index is 2.03. The number of amides is 2. The Morgan fingerprint density at radius 2 is 1.78 bits per heavy atom. The largest absolute Gasteiger partial charge is 0.418 e. The predicted molar refractivity (Wildman–Crippen MR) is 97.1 cm³/mol. The van der Waals surface area contributed by atoms with Crippen LogP contribution in [-0.2, 0) is 22.3 Å². The molecule has 0 bridgehead atoms. The fraction of sp³-hybridized carbons (Fsp3) is 0.300. The fourth-order valence-electron chi connectivity index (χ4n) is 2.72. The van der Waals surface area contributed by atoms with Crippen LogP contribution in [-0.4, -0.2) is 18.4 Å². The third-order valence-corrected chi connectivity index (χ3v) is 4.01. The standard InChI is InChI=1S/C20H21F3N2O2/c1-14-6-5-7-16(12-14)13-24-19(27)10-11-25(15(2)26)18-9-4-3-8-17(18)20(21,22)23/h3-9,12H,10-11,13H2,1-2H3,(H,24,27). The van der Waals surface area contributed by atoms with Crippen LogP contribution in [0, 0.1) is 6.92 Å². The number of aryl methyl sites for hydroxylation is 1. The van der Waals surface area contributed by atoms with Gasteiger partial charge in [0.25, 0.3) is 0 Å². The normalized spacial score (nSPS) is 11.1. The second kappa shape index (κ2) is 8.70. The first-order chi connectivity index (χ1) is 12.7. The lowest BCUT2D eigenvalue weighted by Gasteiger charge is -2.24. The van der Waals surface area contributed by atoms with E-state index in [-0.39, 0.29) is 24.6 Å². The van der Waals surface area contributed by atoms with E-state index in [2.05, 4.69) is 5.32 Å². The number of carbonyl (C=O) groups is 2. The molecule has 2 rings (SSSR count). The van der Waals surface area contributed by atoms with Crippen molar-refractivity contribution in [2.24, 2.45) is 0 Å². The van der Waals surface area contributed by atoms with Crippen molar-refractivity contribution in [2.75, 3.05) is 11.4 Å². The Hall–Kier alpha value is -2.83. The van der Waals surface area contributed by atoms with Gasteiger partial charge in [-0.25, -0.2) is 0 Å². The molecule has 0 aliphatic rings. The van der Waals surface area contributed by atoms with Gasteiger partial charge in [-0.1, -0.05) is 42.0 Å². The molecular formula is C20H21F3N2O2. The summed E-state index contributed by atoms with van der Waals surface area (Å²) < 4.78 is 39.6. The number of nitrogens with zero attached hydrogens (tertiary/aromatic N) is 1. The number of halogens is 3. The summed E-state index contributed by atoms with van der Waals surface area (Å²) in [5.41, 5.74) is 0.840. The number of hydrogen-bond donors (Lipinski definition) is 1. The van der Waals surface area contributed by atoms with E-state index in [9.17, 15) is 22.8 Å². The topological polar surface area (TPSA) is 49.4 Å². The van der Waals surface area contributed by atoms with Crippen LogP contribution >= 0.6 is 0 Å². The second-order valence-corrected chi connectivity index (χ2v) is 6.20. The molecule has 144 valence electrons. The second-order valence-electron chi connectivity index (χ2n) is 6.20. The number of hydrogen-bond acceptors (Lipinski definition) is 2. The van der Waals surface area contributed by atoms with E-state index in [4.69, 9.17) is 0 Å². The highest BCUT2D eigenvalue weighted by Crippen LogP contribution is 2.36. The first-order valence-electron chi connectivity index (χ1n) is 8.45. The number of alkyl halides is 3. The quantitative estimate of drug-likeness (QED) is 0.824. The van der Waals surface area contributed by atoms with Gasteiger partial charge in [-0.15, -0.1) is 0 Å². The lowest BCUT2D eigenvalue weighted by molar-refractivity contribution is -0.137. The Bertz CT molecular complexity index is 819. The van der Waals surface area contributed by atoms with Crippen LogP contribution in [0.5, 0.6) is 0 Å². The summed E-state index contributed by atoms with van der Waals surface area (Å²) in [7, 11) is 0. The molecule has 0 saturated carbocycles. The van der Waals surface area contributed by atoms with E-state index in [0.717, 1.165) is 22.1 Å². The van der Waals surface area contributed by atoms with Crippen molar-refractivity contribution in [1.29, 1.82) is 0 Å². The van der Waals surface area contributed by atoms with E-state index in [1.807, 2.05) is 31.2 Å². The molecule has 0 atom stereocenters. The van der Waals surface area contributed by atoms with Crippen LogP contribution in [0.4, 0.5) is 18.9 Å². The summed E-state index contributed by atoms with van der Waals surface area (Å²) in [4.78, 5) is 24.9. The zero-order chi connectivity index (χ0) is 20.0. The van der Waals surface area contributed by atoms with Crippen molar-refractivity contribution in [1.82, 2.24) is 5.32 Å². The molecule has 1 N–H and O–H groups in total. The van der Waals surface area contributed by atoms with Gasteiger partial charge in [0.1, 0.15) is 0 Å². The van der Waals surface area contributed by atoms with Crippen LogP contribution < -0.4 is 10.2 Å². The van der Waals surface area contributed by atoms with Gasteiger partial charge in [-0.2, -0.15) is 13.2 Å². The molecule has 0 spiro atoms. The van der Waals surface area contributed by atoms with Gasteiger partial charge in [-0.05, 0) is 24.6 Å². The summed E-state index contributed by atoms with van der Waals surface area (Å²) >= 11 is 0. The highest BCUT2D eigenvalue weighted by molar-refractivity contribution is 5.93. The molecule has 0 unspecified atom stereocenters. The summed E-state index contributed by atoms with van der Waals surface area (Å²) in [5.74, 6) is -0.898.